The Kier molecular flexibility index (Phi) is 3.91. The lowest BCUT2D eigenvalue weighted by molar-refractivity contribution is -0.118. The molecule has 19 heavy (non-hydrogen) atoms. The van der Waals surface area contributed by atoms with E-state index in [1.54, 1.807) is 31.2 Å². The zero-order chi connectivity index (χ0) is 13.8. The SMILES string of the molecule is CC(=O)[C@@H](C)c1ccc(C(=O)c2ccccc2)cc1. The normalized spacial score (nSPS) is 11.9. The number of rotatable bonds is 4. The van der Waals surface area contributed by atoms with Gasteiger partial charge in [0.05, 0.1) is 0 Å². The molecular formula is C17H16O2. The summed E-state index contributed by atoms with van der Waals surface area (Å²) in [5.41, 5.74) is 2.26. The molecule has 0 saturated heterocycles. The smallest absolute Gasteiger partial charge is 0.193 e. The average molecular weight is 252 g/mol. The number of carbonyl (C=O) groups excluding carboxylic acids is 2. The Hall–Kier alpha value is -2.22. The molecule has 2 aromatic carbocycles. The lowest BCUT2D eigenvalue weighted by atomic mass is 9.95. The fourth-order valence-electron chi connectivity index (χ4n) is 1.91. The molecule has 0 aliphatic rings. The predicted molar refractivity (Wildman–Crippen MR) is 75.4 cm³/mol. The molecule has 0 aromatic heterocycles. The molecule has 2 heteroatoms. The van der Waals surface area contributed by atoms with Gasteiger partial charge in [-0.25, -0.2) is 0 Å². The topological polar surface area (TPSA) is 34.1 Å². The summed E-state index contributed by atoms with van der Waals surface area (Å²) in [6.07, 6.45) is 0. The van der Waals surface area contributed by atoms with Crippen LogP contribution in [0.3, 0.4) is 0 Å². The van der Waals surface area contributed by atoms with Crippen molar-refractivity contribution >= 4 is 11.6 Å². The second-order valence-corrected chi connectivity index (χ2v) is 4.65. The van der Waals surface area contributed by atoms with Gasteiger partial charge in [0.15, 0.2) is 5.78 Å². The molecule has 96 valence electrons. The maximum absolute atomic E-state index is 12.2. The van der Waals surface area contributed by atoms with Crippen molar-refractivity contribution in [2.24, 2.45) is 0 Å². The first-order valence-electron chi connectivity index (χ1n) is 6.29. The van der Waals surface area contributed by atoms with E-state index >= 15 is 0 Å². The highest BCUT2D eigenvalue weighted by atomic mass is 16.1. The van der Waals surface area contributed by atoms with Crippen LogP contribution in [0.25, 0.3) is 0 Å². The van der Waals surface area contributed by atoms with Gasteiger partial charge in [-0.15, -0.1) is 0 Å². The average Bonchev–Trinajstić information content (AvgIpc) is 2.46. The monoisotopic (exact) mass is 252 g/mol. The minimum absolute atomic E-state index is 0.00243. The van der Waals surface area contributed by atoms with Crippen LogP contribution < -0.4 is 0 Å². The van der Waals surface area contributed by atoms with E-state index in [-0.39, 0.29) is 17.5 Å². The molecule has 0 N–H and O–H groups in total. The highest BCUT2D eigenvalue weighted by Gasteiger charge is 2.12. The Morgan fingerprint density at radius 2 is 1.37 bits per heavy atom. The molecule has 0 spiro atoms. The van der Waals surface area contributed by atoms with Crippen LogP contribution in [0.15, 0.2) is 54.6 Å². The summed E-state index contributed by atoms with van der Waals surface area (Å²) in [6, 6.07) is 16.4. The molecule has 0 amide bonds. The van der Waals surface area contributed by atoms with E-state index in [2.05, 4.69) is 0 Å². The van der Waals surface area contributed by atoms with E-state index in [1.807, 2.05) is 37.3 Å². The van der Waals surface area contributed by atoms with Gasteiger partial charge in [-0.3, -0.25) is 9.59 Å². The third kappa shape index (κ3) is 2.97. The van der Waals surface area contributed by atoms with Crippen LogP contribution in [0, 0.1) is 0 Å². The molecule has 0 radical (unpaired) electrons. The molecule has 0 bridgehead atoms. The van der Waals surface area contributed by atoms with Crippen molar-refractivity contribution in [3.63, 3.8) is 0 Å². The van der Waals surface area contributed by atoms with Gasteiger partial charge in [0, 0.05) is 17.0 Å². The van der Waals surface area contributed by atoms with E-state index in [4.69, 9.17) is 0 Å². The van der Waals surface area contributed by atoms with E-state index in [0.717, 1.165) is 5.56 Å². The molecule has 2 aromatic rings. The zero-order valence-corrected chi connectivity index (χ0v) is 11.1. The molecule has 0 unspecified atom stereocenters. The molecule has 0 saturated carbocycles. The first kappa shape index (κ1) is 13.2. The van der Waals surface area contributed by atoms with Gasteiger partial charge >= 0.3 is 0 Å². The van der Waals surface area contributed by atoms with Crippen LogP contribution in [0.1, 0.15) is 41.3 Å². The Morgan fingerprint density at radius 1 is 0.842 bits per heavy atom. The summed E-state index contributed by atoms with van der Waals surface area (Å²) in [6.45, 7) is 3.45. The summed E-state index contributed by atoms with van der Waals surface area (Å²) in [4.78, 5) is 23.5. The second-order valence-electron chi connectivity index (χ2n) is 4.65. The van der Waals surface area contributed by atoms with Crippen LogP contribution in [-0.4, -0.2) is 11.6 Å². The van der Waals surface area contributed by atoms with Crippen LogP contribution in [0.5, 0.6) is 0 Å². The minimum atomic E-state index is -0.124. The van der Waals surface area contributed by atoms with Gasteiger partial charge in [0.2, 0.25) is 0 Å². The van der Waals surface area contributed by atoms with Crippen molar-refractivity contribution in [2.45, 2.75) is 19.8 Å². The molecular weight excluding hydrogens is 236 g/mol. The number of Topliss-reactive ketones (excluding diaryl/α,β-unsaturated/α-hetero) is 1. The maximum atomic E-state index is 12.2. The van der Waals surface area contributed by atoms with Crippen LogP contribution >= 0.6 is 0 Å². The number of hydrogen-bond acceptors (Lipinski definition) is 2. The Bertz CT molecular complexity index is 582. The van der Waals surface area contributed by atoms with Crippen molar-refractivity contribution in [3.8, 4) is 0 Å². The fraction of sp³-hybridized carbons (Fsp3) is 0.176. The molecule has 2 nitrogen and oxygen atoms in total. The van der Waals surface area contributed by atoms with Crippen molar-refractivity contribution in [1.82, 2.24) is 0 Å². The van der Waals surface area contributed by atoms with Gasteiger partial charge in [-0.05, 0) is 12.5 Å². The molecule has 2 rings (SSSR count). The Labute approximate surface area is 113 Å². The highest BCUT2D eigenvalue weighted by Crippen LogP contribution is 2.18. The second kappa shape index (κ2) is 5.61. The van der Waals surface area contributed by atoms with Gasteiger partial charge in [-0.2, -0.15) is 0 Å². The fourth-order valence-corrected chi connectivity index (χ4v) is 1.91. The van der Waals surface area contributed by atoms with E-state index in [0.29, 0.717) is 11.1 Å². The summed E-state index contributed by atoms with van der Waals surface area (Å²) in [5, 5.41) is 0. The quantitative estimate of drug-likeness (QED) is 0.779. The third-order valence-corrected chi connectivity index (χ3v) is 3.32. The molecule has 0 fully saturated rings. The molecule has 0 aliphatic heterocycles. The largest absolute Gasteiger partial charge is 0.299 e. The minimum Gasteiger partial charge on any atom is -0.299 e. The van der Waals surface area contributed by atoms with E-state index in [1.165, 1.54) is 0 Å². The summed E-state index contributed by atoms with van der Waals surface area (Å²) >= 11 is 0. The lowest BCUT2D eigenvalue weighted by Gasteiger charge is -2.08. The lowest BCUT2D eigenvalue weighted by Crippen LogP contribution is -2.05. The van der Waals surface area contributed by atoms with Crippen molar-refractivity contribution in [2.75, 3.05) is 0 Å². The van der Waals surface area contributed by atoms with Crippen LogP contribution in [-0.2, 0) is 4.79 Å². The Morgan fingerprint density at radius 3 is 1.89 bits per heavy atom. The van der Waals surface area contributed by atoms with Gasteiger partial charge in [0.25, 0.3) is 0 Å². The van der Waals surface area contributed by atoms with Crippen LogP contribution in [0.2, 0.25) is 0 Å². The van der Waals surface area contributed by atoms with Crippen molar-refractivity contribution in [1.29, 1.82) is 0 Å². The van der Waals surface area contributed by atoms with Gasteiger partial charge in [-0.1, -0.05) is 61.5 Å². The molecule has 0 aliphatic carbocycles. The number of benzene rings is 2. The first-order chi connectivity index (χ1) is 9.09. The summed E-state index contributed by atoms with van der Waals surface area (Å²) in [5.74, 6) is 0.00522. The van der Waals surface area contributed by atoms with Crippen LogP contribution in [0.4, 0.5) is 0 Å². The number of hydrogen-bond donors (Lipinski definition) is 0. The standard InChI is InChI=1S/C17H16O2/c1-12(13(2)18)14-8-10-16(11-9-14)17(19)15-6-4-3-5-7-15/h3-12H,1-2H3/t12-/m1/s1. The summed E-state index contributed by atoms with van der Waals surface area (Å²) in [7, 11) is 0. The van der Waals surface area contributed by atoms with Gasteiger partial charge < -0.3 is 0 Å². The van der Waals surface area contributed by atoms with E-state index < -0.39 is 0 Å². The third-order valence-electron chi connectivity index (χ3n) is 3.32. The van der Waals surface area contributed by atoms with Gasteiger partial charge in [0.1, 0.15) is 5.78 Å². The number of carbonyl (C=O) groups is 2. The van der Waals surface area contributed by atoms with E-state index in [9.17, 15) is 9.59 Å². The van der Waals surface area contributed by atoms with Crippen molar-refractivity contribution in [3.05, 3.63) is 71.3 Å². The summed E-state index contributed by atoms with van der Waals surface area (Å²) < 4.78 is 0. The first-order valence-corrected chi connectivity index (χ1v) is 6.29. The maximum Gasteiger partial charge on any atom is 0.193 e. The van der Waals surface area contributed by atoms with Crippen molar-refractivity contribution < 1.29 is 9.59 Å². The molecule has 0 heterocycles. The number of ketones is 2. The Balaban J connectivity index is 2.24. The highest BCUT2D eigenvalue weighted by molar-refractivity contribution is 6.09. The predicted octanol–water partition coefficient (Wildman–Crippen LogP) is 3.61. The molecule has 1 atom stereocenters. The zero-order valence-electron chi connectivity index (χ0n) is 11.1.